The van der Waals surface area contributed by atoms with Crippen LogP contribution in [0.5, 0.6) is 23.0 Å². The number of thiophene rings is 6. The van der Waals surface area contributed by atoms with Gasteiger partial charge in [-0.1, -0.05) is 48.6 Å². The molecule has 0 aliphatic carbocycles. The smallest absolute Gasteiger partial charge is 0.161 e. The molecule has 0 radical (unpaired) electrons. The lowest BCUT2D eigenvalue weighted by Crippen LogP contribution is -2.12. The predicted octanol–water partition coefficient (Wildman–Crippen LogP) is 14.9. The van der Waals surface area contributed by atoms with E-state index in [2.05, 4.69) is 95.7 Å². The first-order chi connectivity index (χ1) is 35.5. The monoisotopic (exact) mass is 1080 g/mol. The van der Waals surface area contributed by atoms with Crippen molar-refractivity contribution in [3.05, 3.63) is 130 Å². The van der Waals surface area contributed by atoms with Gasteiger partial charge in [0, 0.05) is 53.2 Å². The van der Waals surface area contributed by atoms with Crippen LogP contribution in [0.15, 0.2) is 108 Å². The van der Waals surface area contributed by atoms with Gasteiger partial charge >= 0.3 is 0 Å². The third-order valence-electron chi connectivity index (χ3n) is 10.8. The Morgan fingerprint density at radius 3 is 1.14 bits per heavy atom. The molecule has 0 aliphatic rings. The second-order valence-electron chi connectivity index (χ2n) is 15.7. The highest BCUT2D eigenvalue weighted by atomic mass is 32.1. The fourth-order valence-electron chi connectivity index (χ4n) is 7.25. The highest BCUT2D eigenvalue weighted by Crippen LogP contribution is 2.48. The summed E-state index contributed by atoms with van der Waals surface area (Å²) in [5.74, 6) is 2.69. The molecule has 2 aromatic carbocycles. The standard InChI is InChI=1S/C56H58O10S6/c1-57-21-23-61-25-27-63-29-31-65-45-35-39(11-15-43(45)59-3)9-13-41-37-53(47-7-5-33-67-47)71-55(41)51-19-17-49(69-51)50-18-20-52(70-50)56-42(38-54(72-56)48-8-6-34-68-48)14-10-40-12-16-44(60-4)46(36-40)66-32-30-64-28-26-62-24-22-58-2/h5-20,33-38H,21-32H2,1-4H3/b13-9+,14-10+. The highest BCUT2D eigenvalue weighted by molar-refractivity contribution is 7.30. The number of hydrogen-bond acceptors (Lipinski definition) is 16. The zero-order valence-electron chi connectivity index (χ0n) is 40.7. The molecule has 0 atom stereocenters. The third-order valence-corrected chi connectivity index (χ3v) is 18.0. The molecule has 0 unspecified atom stereocenters. The predicted molar refractivity (Wildman–Crippen MR) is 303 cm³/mol. The van der Waals surface area contributed by atoms with Crippen LogP contribution in [0.25, 0.3) is 73.1 Å². The van der Waals surface area contributed by atoms with E-state index in [1.54, 1.807) is 51.1 Å². The molecule has 10 nitrogen and oxygen atoms in total. The van der Waals surface area contributed by atoms with Crippen molar-refractivity contribution in [2.24, 2.45) is 0 Å². The van der Waals surface area contributed by atoms with Crippen LogP contribution in [0, 0.1) is 0 Å². The van der Waals surface area contributed by atoms with Gasteiger partial charge in [0.15, 0.2) is 23.0 Å². The molecular formula is C56H58O10S6. The molecule has 6 aromatic heterocycles. The van der Waals surface area contributed by atoms with Gasteiger partial charge < -0.3 is 47.4 Å². The van der Waals surface area contributed by atoms with E-state index in [4.69, 9.17) is 47.4 Å². The first kappa shape index (κ1) is 53.4. The first-order valence-electron chi connectivity index (χ1n) is 23.4. The number of ether oxygens (including phenoxy) is 10. The second-order valence-corrected chi connectivity index (χ2v) is 21.9. The van der Waals surface area contributed by atoms with Gasteiger partial charge in [-0.15, -0.1) is 68.0 Å². The van der Waals surface area contributed by atoms with Crippen LogP contribution in [-0.2, 0) is 28.4 Å². The molecule has 378 valence electrons. The molecular weight excluding hydrogens is 1030 g/mol. The van der Waals surface area contributed by atoms with Crippen LogP contribution >= 0.6 is 68.0 Å². The van der Waals surface area contributed by atoms with Gasteiger partial charge in [-0.2, -0.15) is 0 Å². The van der Waals surface area contributed by atoms with E-state index in [-0.39, 0.29) is 0 Å². The zero-order valence-corrected chi connectivity index (χ0v) is 45.6. The van der Waals surface area contributed by atoms with Crippen molar-refractivity contribution in [1.29, 1.82) is 0 Å². The molecule has 0 amide bonds. The Morgan fingerprint density at radius 1 is 0.347 bits per heavy atom. The van der Waals surface area contributed by atoms with E-state index in [1.165, 1.54) is 59.9 Å². The summed E-state index contributed by atoms with van der Waals surface area (Å²) in [6.45, 7) is 5.90. The van der Waals surface area contributed by atoms with Gasteiger partial charge in [-0.3, -0.25) is 0 Å². The SMILES string of the molecule is COCCOCCOCCOc1cc(/C=C/c2cc(-c3cccs3)sc2-c2ccc(-c3ccc(-c4sc(-c5cccs5)cc4/C=C/c4ccc(OC)c(OCCOCCOCCOC)c4)s3)s2)ccc1OC. The van der Waals surface area contributed by atoms with E-state index in [9.17, 15) is 0 Å². The lowest BCUT2D eigenvalue weighted by molar-refractivity contribution is 0.0178. The average molecular weight is 1080 g/mol. The lowest BCUT2D eigenvalue weighted by Gasteiger charge is -2.12. The summed E-state index contributed by atoms with van der Waals surface area (Å²) in [7, 11) is 6.63. The van der Waals surface area contributed by atoms with Crippen LogP contribution in [0.4, 0.5) is 0 Å². The van der Waals surface area contributed by atoms with Crippen molar-refractivity contribution in [2.45, 2.75) is 0 Å². The van der Waals surface area contributed by atoms with Crippen molar-refractivity contribution in [3.63, 3.8) is 0 Å². The minimum atomic E-state index is 0.391. The van der Waals surface area contributed by atoms with E-state index >= 15 is 0 Å². The summed E-state index contributed by atoms with van der Waals surface area (Å²) in [4.78, 5) is 12.4. The number of hydrogen-bond donors (Lipinski definition) is 0. The maximum atomic E-state index is 6.12. The van der Waals surface area contributed by atoms with Crippen LogP contribution < -0.4 is 18.9 Å². The molecule has 8 rings (SSSR count). The number of benzene rings is 2. The van der Waals surface area contributed by atoms with Crippen LogP contribution in [0.3, 0.4) is 0 Å². The highest BCUT2D eigenvalue weighted by Gasteiger charge is 2.18. The van der Waals surface area contributed by atoms with Gasteiger partial charge in [0.2, 0.25) is 0 Å². The van der Waals surface area contributed by atoms with Crippen LogP contribution in [0.1, 0.15) is 22.3 Å². The van der Waals surface area contributed by atoms with E-state index < -0.39 is 0 Å². The van der Waals surface area contributed by atoms with Crippen molar-refractivity contribution < 1.29 is 47.4 Å². The zero-order chi connectivity index (χ0) is 49.7. The normalized spacial score (nSPS) is 11.7. The van der Waals surface area contributed by atoms with Gasteiger partial charge in [-0.25, -0.2) is 0 Å². The van der Waals surface area contributed by atoms with Gasteiger partial charge in [0.05, 0.1) is 90.0 Å². The Morgan fingerprint density at radius 2 is 0.750 bits per heavy atom. The van der Waals surface area contributed by atoms with E-state index in [0.29, 0.717) is 102 Å². The second kappa shape index (κ2) is 28.5. The maximum absolute atomic E-state index is 6.12. The van der Waals surface area contributed by atoms with Crippen LogP contribution in [-0.4, -0.2) is 108 Å². The summed E-state index contributed by atoms with van der Waals surface area (Å²) in [6, 6.07) is 34.3. The molecule has 0 saturated heterocycles. The van der Waals surface area contributed by atoms with Crippen molar-refractivity contribution in [3.8, 4) is 71.8 Å². The molecule has 0 fully saturated rings. The fraction of sp³-hybridized carbons (Fsp3) is 0.286. The lowest BCUT2D eigenvalue weighted by atomic mass is 10.1. The topological polar surface area (TPSA) is 92.3 Å². The molecule has 0 spiro atoms. The molecule has 72 heavy (non-hydrogen) atoms. The van der Waals surface area contributed by atoms with E-state index in [0.717, 1.165) is 11.1 Å². The Kier molecular flexibility index (Phi) is 21.1. The molecule has 16 heteroatoms. The summed E-state index contributed by atoms with van der Waals surface area (Å²) >= 11 is 10.9. The van der Waals surface area contributed by atoms with Crippen molar-refractivity contribution in [2.75, 3.05) is 108 Å². The van der Waals surface area contributed by atoms with Crippen LogP contribution in [0.2, 0.25) is 0 Å². The Balaban J connectivity index is 0.977. The minimum Gasteiger partial charge on any atom is -0.493 e. The summed E-state index contributed by atoms with van der Waals surface area (Å²) in [5.41, 5.74) is 4.35. The summed E-state index contributed by atoms with van der Waals surface area (Å²) in [5, 5.41) is 4.27. The molecule has 0 saturated carbocycles. The van der Waals surface area contributed by atoms with Gasteiger partial charge in [-0.05, 0) is 106 Å². The van der Waals surface area contributed by atoms with Crippen molar-refractivity contribution in [1.82, 2.24) is 0 Å². The summed E-state index contributed by atoms with van der Waals surface area (Å²) in [6.07, 6.45) is 8.71. The Hall–Kier alpha value is -4.92. The fourth-order valence-corrected chi connectivity index (χ4v) is 13.6. The van der Waals surface area contributed by atoms with Gasteiger partial charge in [0.25, 0.3) is 0 Å². The maximum Gasteiger partial charge on any atom is 0.161 e. The first-order valence-corrected chi connectivity index (χ1v) is 28.4. The average Bonchev–Trinajstić information content (AvgIpc) is 4.27. The molecule has 0 N–H and O–H groups in total. The van der Waals surface area contributed by atoms with Crippen molar-refractivity contribution >= 4 is 92.3 Å². The summed E-state index contributed by atoms with van der Waals surface area (Å²) < 4.78 is 55.9. The largest absolute Gasteiger partial charge is 0.493 e. The van der Waals surface area contributed by atoms with E-state index in [1.807, 2.05) is 81.7 Å². The quantitative estimate of drug-likeness (QED) is 0.0391. The minimum absolute atomic E-state index is 0.391. The molecule has 0 bridgehead atoms. The van der Waals surface area contributed by atoms with Gasteiger partial charge in [0.1, 0.15) is 13.2 Å². The molecule has 8 aromatic rings. The Bertz CT molecular complexity index is 2710. The third kappa shape index (κ3) is 15.1. The Labute approximate surface area is 446 Å². The molecule has 0 aliphatic heterocycles. The molecule has 6 heterocycles. The number of methoxy groups -OCH3 is 4. The number of rotatable bonds is 31.